The molecular formula is C20H20N6O2. The van der Waals surface area contributed by atoms with E-state index in [4.69, 9.17) is 9.72 Å². The minimum absolute atomic E-state index is 0.137. The monoisotopic (exact) mass is 376 g/mol. The van der Waals surface area contributed by atoms with Gasteiger partial charge in [0.2, 0.25) is 0 Å². The number of ether oxygens (including phenoxy) is 1. The average molecular weight is 376 g/mol. The van der Waals surface area contributed by atoms with Gasteiger partial charge in [0.1, 0.15) is 5.75 Å². The highest BCUT2D eigenvalue weighted by atomic mass is 16.5. The predicted octanol–water partition coefficient (Wildman–Crippen LogP) is 1.97. The number of hydrogen-bond acceptors (Lipinski definition) is 5. The smallest absolute Gasteiger partial charge is 0.261 e. The van der Waals surface area contributed by atoms with Crippen molar-refractivity contribution in [3.63, 3.8) is 0 Å². The van der Waals surface area contributed by atoms with Crippen molar-refractivity contribution >= 4 is 0 Å². The number of aryl methyl sites for hydroxylation is 2. The van der Waals surface area contributed by atoms with Crippen molar-refractivity contribution < 1.29 is 4.74 Å². The summed E-state index contributed by atoms with van der Waals surface area (Å²) < 4.78 is 10.3. The van der Waals surface area contributed by atoms with Gasteiger partial charge in [-0.2, -0.15) is 9.78 Å². The molecule has 3 heterocycles. The highest BCUT2D eigenvalue weighted by molar-refractivity contribution is 5.56. The standard InChI is InChI=1S/C20H20N6O2/c1-24-12-6-8-15(20(24)27)19-22-17(13-14-7-4-5-9-16(14)28-3)23-26(19)18-10-11-21-25(18)2/h4-12H,13H2,1-3H3. The lowest BCUT2D eigenvalue weighted by atomic mass is 10.1. The zero-order chi connectivity index (χ0) is 19.7. The van der Waals surface area contributed by atoms with Crippen LogP contribution < -0.4 is 10.3 Å². The van der Waals surface area contributed by atoms with Crippen LogP contribution in [0.2, 0.25) is 0 Å². The van der Waals surface area contributed by atoms with Gasteiger partial charge in [0.15, 0.2) is 17.5 Å². The van der Waals surface area contributed by atoms with Crippen LogP contribution in [-0.2, 0) is 20.5 Å². The first-order chi connectivity index (χ1) is 13.6. The van der Waals surface area contributed by atoms with Crippen molar-refractivity contribution in [2.45, 2.75) is 6.42 Å². The number of hydrogen-bond donors (Lipinski definition) is 0. The van der Waals surface area contributed by atoms with Crippen LogP contribution in [0.15, 0.2) is 59.7 Å². The fourth-order valence-corrected chi connectivity index (χ4v) is 3.13. The third kappa shape index (κ3) is 3.09. The largest absolute Gasteiger partial charge is 0.496 e. The number of para-hydroxylation sites is 1. The normalized spacial score (nSPS) is 11.0. The Morgan fingerprint density at radius 2 is 1.89 bits per heavy atom. The molecule has 8 heteroatoms. The molecule has 3 aromatic heterocycles. The molecule has 142 valence electrons. The Hall–Kier alpha value is -3.68. The SMILES string of the molecule is COc1ccccc1Cc1nc(-c2cccn(C)c2=O)n(-c2ccnn2C)n1. The Balaban J connectivity index is 1.87. The molecule has 0 aliphatic heterocycles. The van der Waals surface area contributed by atoms with E-state index in [1.165, 1.54) is 4.57 Å². The number of rotatable bonds is 5. The molecule has 0 fully saturated rings. The third-order valence-corrected chi connectivity index (χ3v) is 4.57. The van der Waals surface area contributed by atoms with Gasteiger partial charge in [-0.05, 0) is 18.2 Å². The quantitative estimate of drug-likeness (QED) is 0.532. The van der Waals surface area contributed by atoms with E-state index in [1.54, 1.807) is 42.0 Å². The van der Waals surface area contributed by atoms with Crippen molar-refractivity contribution in [2.75, 3.05) is 7.11 Å². The summed E-state index contributed by atoms with van der Waals surface area (Å²) >= 11 is 0. The highest BCUT2D eigenvalue weighted by Crippen LogP contribution is 2.23. The zero-order valence-corrected chi connectivity index (χ0v) is 15.9. The number of methoxy groups -OCH3 is 1. The summed E-state index contributed by atoms with van der Waals surface area (Å²) in [5.41, 5.74) is 1.31. The lowest BCUT2D eigenvalue weighted by Gasteiger charge is -2.06. The lowest BCUT2D eigenvalue weighted by molar-refractivity contribution is 0.410. The predicted molar refractivity (Wildman–Crippen MR) is 105 cm³/mol. The zero-order valence-electron chi connectivity index (χ0n) is 15.9. The van der Waals surface area contributed by atoms with Crippen LogP contribution in [0.25, 0.3) is 17.2 Å². The lowest BCUT2D eigenvalue weighted by Crippen LogP contribution is -2.19. The molecule has 0 atom stereocenters. The van der Waals surface area contributed by atoms with E-state index in [9.17, 15) is 4.79 Å². The van der Waals surface area contributed by atoms with Crippen LogP contribution >= 0.6 is 0 Å². The van der Waals surface area contributed by atoms with Gasteiger partial charge in [0.25, 0.3) is 5.56 Å². The average Bonchev–Trinajstić information content (AvgIpc) is 3.30. The molecule has 0 saturated heterocycles. The van der Waals surface area contributed by atoms with Gasteiger partial charge in [-0.15, -0.1) is 5.10 Å². The van der Waals surface area contributed by atoms with E-state index in [1.807, 2.05) is 43.4 Å². The molecule has 8 nitrogen and oxygen atoms in total. The van der Waals surface area contributed by atoms with Crippen molar-refractivity contribution in [3.8, 4) is 23.0 Å². The van der Waals surface area contributed by atoms with Gasteiger partial charge in [-0.25, -0.2) is 4.98 Å². The molecule has 0 unspecified atom stereocenters. The van der Waals surface area contributed by atoms with Gasteiger partial charge in [0, 0.05) is 38.3 Å². The molecular weight excluding hydrogens is 356 g/mol. The van der Waals surface area contributed by atoms with Crippen LogP contribution in [0.3, 0.4) is 0 Å². The van der Waals surface area contributed by atoms with E-state index in [0.717, 1.165) is 17.1 Å². The molecule has 4 aromatic rings. The molecule has 28 heavy (non-hydrogen) atoms. The van der Waals surface area contributed by atoms with Gasteiger partial charge >= 0.3 is 0 Å². The van der Waals surface area contributed by atoms with Crippen LogP contribution in [0.5, 0.6) is 5.75 Å². The van der Waals surface area contributed by atoms with Gasteiger partial charge < -0.3 is 9.30 Å². The van der Waals surface area contributed by atoms with Crippen LogP contribution in [0.1, 0.15) is 11.4 Å². The Kier molecular flexibility index (Phi) is 4.52. The fraction of sp³-hybridized carbons (Fsp3) is 0.200. The minimum Gasteiger partial charge on any atom is -0.496 e. The molecule has 0 saturated carbocycles. The molecule has 0 bridgehead atoms. The maximum Gasteiger partial charge on any atom is 0.261 e. The summed E-state index contributed by atoms with van der Waals surface area (Å²) in [7, 11) is 5.18. The van der Waals surface area contributed by atoms with Gasteiger partial charge in [0.05, 0.1) is 18.9 Å². The maximum absolute atomic E-state index is 12.7. The van der Waals surface area contributed by atoms with E-state index in [-0.39, 0.29) is 5.56 Å². The minimum atomic E-state index is -0.137. The first-order valence-electron chi connectivity index (χ1n) is 8.80. The molecule has 1 aromatic carbocycles. The third-order valence-electron chi connectivity index (χ3n) is 4.57. The van der Waals surface area contributed by atoms with Gasteiger partial charge in [-0.1, -0.05) is 18.2 Å². The maximum atomic E-state index is 12.7. The van der Waals surface area contributed by atoms with E-state index in [2.05, 4.69) is 10.2 Å². The van der Waals surface area contributed by atoms with Crippen molar-refractivity contribution in [1.82, 2.24) is 29.1 Å². The van der Waals surface area contributed by atoms with Crippen molar-refractivity contribution in [2.24, 2.45) is 14.1 Å². The number of aromatic nitrogens is 6. The van der Waals surface area contributed by atoms with E-state index in [0.29, 0.717) is 23.6 Å². The summed E-state index contributed by atoms with van der Waals surface area (Å²) in [5, 5.41) is 8.89. The Morgan fingerprint density at radius 3 is 2.64 bits per heavy atom. The number of nitrogens with zero attached hydrogens (tertiary/aromatic N) is 6. The summed E-state index contributed by atoms with van der Waals surface area (Å²) in [5.74, 6) is 2.57. The summed E-state index contributed by atoms with van der Waals surface area (Å²) in [6, 6.07) is 13.2. The second kappa shape index (κ2) is 7.15. The molecule has 0 spiro atoms. The molecule has 0 N–H and O–H groups in total. The topological polar surface area (TPSA) is 79.8 Å². The molecule has 4 rings (SSSR count). The summed E-state index contributed by atoms with van der Waals surface area (Å²) in [6.07, 6.45) is 3.88. The number of pyridine rings is 1. The second-order valence-corrected chi connectivity index (χ2v) is 6.40. The van der Waals surface area contributed by atoms with E-state index < -0.39 is 0 Å². The number of benzene rings is 1. The van der Waals surface area contributed by atoms with Crippen molar-refractivity contribution in [1.29, 1.82) is 0 Å². The van der Waals surface area contributed by atoms with Crippen molar-refractivity contribution in [3.05, 3.63) is 76.6 Å². The second-order valence-electron chi connectivity index (χ2n) is 6.40. The van der Waals surface area contributed by atoms with Crippen LogP contribution in [0, 0.1) is 0 Å². The fourth-order valence-electron chi connectivity index (χ4n) is 3.13. The Labute approximate surface area is 161 Å². The van der Waals surface area contributed by atoms with Crippen LogP contribution in [0.4, 0.5) is 0 Å². The highest BCUT2D eigenvalue weighted by Gasteiger charge is 2.19. The first-order valence-corrected chi connectivity index (χ1v) is 8.80. The summed E-state index contributed by atoms with van der Waals surface area (Å²) in [6.45, 7) is 0. The molecule has 0 aliphatic carbocycles. The first kappa shape index (κ1) is 17.7. The summed E-state index contributed by atoms with van der Waals surface area (Å²) in [4.78, 5) is 17.4. The molecule has 0 radical (unpaired) electrons. The van der Waals surface area contributed by atoms with Gasteiger partial charge in [-0.3, -0.25) is 9.48 Å². The Morgan fingerprint density at radius 1 is 1.07 bits per heavy atom. The molecule has 0 amide bonds. The Bertz CT molecular complexity index is 1190. The van der Waals surface area contributed by atoms with Crippen LogP contribution in [-0.4, -0.2) is 36.2 Å². The molecule has 0 aliphatic rings. The van der Waals surface area contributed by atoms with E-state index >= 15 is 0 Å².